The molecule has 82 valence electrons. The number of carbonyl (C=O) groups is 1. The summed E-state index contributed by atoms with van der Waals surface area (Å²) in [5.74, 6) is 0.181. The van der Waals surface area contributed by atoms with Gasteiger partial charge < -0.3 is 15.0 Å². The van der Waals surface area contributed by atoms with Crippen LogP contribution in [0.4, 0.5) is 0 Å². The van der Waals surface area contributed by atoms with Crippen LogP contribution in [-0.4, -0.2) is 50.7 Å². The number of carbonyl (C=O) groups excluding carboxylic acids is 1. The van der Waals surface area contributed by atoms with Crippen LogP contribution in [0.2, 0.25) is 0 Å². The Balaban J connectivity index is 1.98. The quantitative estimate of drug-likeness (QED) is 0.691. The van der Waals surface area contributed by atoms with Gasteiger partial charge in [0.25, 0.3) is 0 Å². The Morgan fingerprint density at radius 2 is 2.14 bits per heavy atom. The van der Waals surface area contributed by atoms with E-state index in [0.717, 1.165) is 19.4 Å². The number of amides is 1. The first kappa shape index (κ1) is 11.5. The fourth-order valence-electron chi connectivity index (χ4n) is 1.53. The van der Waals surface area contributed by atoms with Gasteiger partial charge in [-0.05, 0) is 12.8 Å². The molecule has 0 aromatic carbocycles. The van der Waals surface area contributed by atoms with Gasteiger partial charge in [-0.2, -0.15) is 0 Å². The van der Waals surface area contributed by atoms with Crippen LogP contribution in [0, 0.1) is 0 Å². The normalized spacial score (nSPS) is 25.6. The predicted molar refractivity (Wildman–Crippen MR) is 55.1 cm³/mol. The molecule has 0 spiro atoms. The van der Waals surface area contributed by atoms with Crippen LogP contribution in [0.3, 0.4) is 0 Å². The molecule has 1 rings (SSSR count). The lowest BCUT2D eigenvalue weighted by molar-refractivity contribution is -0.128. The molecule has 1 saturated carbocycles. The van der Waals surface area contributed by atoms with E-state index in [1.54, 1.807) is 26.1 Å². The number of hydrogen-bond donors (Lipinski definition) is 1. The largest absolute Gasteiger partial charge is 0.381 e. The molecule has 0 aliphatic heterocycles. The molecule has 14 heavy (non-hydrogen) atoms. The molecular weight excluding hydrogens is 180 g/mol. The Bertz CT molecular complexity index is 189. The van der Waals surface area contributed by atoms with E-state index >= 15 is 0 Å². The molecule has 0 saturated heterocycles. The van der Waals surface area contributed by atoms with Crippen LogP contribution in [0.25, 0.3) is 0 Å². The molecule has 1 fully saturated rings. The van der Waals surface area contributed by atoms with Crippen molar-refractivity contribution in [3.63, 3.8) is 0 Å². The minimum Gasteiger partial charge on any atom is -0.381 e. The van der Waals surface area contributed by atoms with E-state index in [1.807, 2.05) is 0 Å². The number of ether oxygens (including phenoxy) is 1. The van der Waals surface area contributed by atoms with Gasteiger partial charge in [-0.25, -0.2) is 0 Å². The summed E-state index contributed by atoms with van der Waals surface area (Å²) in [4.78, 5) is 12.8. The minimum atomic E-state index is 0.181. The molecule has 1 amide bonds. The first-order valence-electron chi connectivity index (χ1n) is 5.09. The van der Waals surface area contributed by atoms with E-state index < -0.39 is 0 Å². The van der Waals surface area contributed by atoms with Crippen LogP contribution in [-0.2, 0) is 9.53 Å². The zero-order valence-corrected chi connectivity index (χ0v) is 9.25. The maximum absolute atomic E-state index is 11.2. The second-order valence-electron chi connectivity index (χ2n) is 4.02. The van der Waals surface area contributed by atoms with Crippen molar-refractivity contribution in [2.75, 3.05) is 27.7 Å². The van der Waals surface area contributed by atoms with E-state index in [9.17, 15) is 4.79 Å². The summed E-state index contributed by atoms with van der Waals surface area (Å²) in [7, 11) is 5.32. The van der Waals surface area contributed by atoms with Crippen molar-refractivity contribution in [3.05, 3.63) is 0 Å². The Morgan fingerprint density at radius 1 is 1.50 bits per heavy atom. The van der Waals surface area contributed by atoms with Crippen LogP contribution in [0.5, 0.6) is 0 Å². The molecule has 4 heteroatoms. The van der Waals surface area contributed by atoms with Gasteiger partial charge in [0, 0.05) is 40.2 Å². The Hall–Kier alpha value is -0.610. The van der Waals surface area contributed by atoms with Crippen LogP contribution < -0.4 is 5.32 Å². The highest BCUT2D eigenvalue weighted by atomic mass is 16.5. The molecule has 0 aromatic rings. The summed E-state index contributed by atoms with van der Waals surface area (Å²) in [6.45, 7) is 0.776. The zero-order chi connectivity index (χ0) is 10.6. The Labute approximate surface area is 85.6 Å². The summed E-state index contributed by atoms with van der Waals surface area (Å²) in [6.07, 6.45) is 3.16. The van der Waals surface area contributed by atoms with Gasteiger partial charge in [-0.1, -0.05) is 0 Å². The Morgan fingerprint density at radius 3 is 2.64 bits per heavy atom. The molecule has 0 atom stereocenters. The molecule has 0 unspecified atom stereocenters. The van der Waals surface area contributed by atoms with Crippen LogP contribution >= 0.6 is 0 Å². The topological polar surface area (TPSA) is 41.6 Å². The van der Waals surface area contributed by atoms with E-state index in [0.29, 0.717) is 18.6 Å². The van der Waals surface area contributed by atoms with Gasteiger partial charge in [0.2, 0.25) is 5.91 Å². The van der Waals surface area contributed by atoms with Gasteiger partial charge in [-0.15, -0.1) is 0 Å². The van der Waals surface area contributed by atoms with Crippen molar-refractivity contribution in [1.82, 2.24) is 10.2 Å². The molecule has 1 aliphatic rings. The van der Waals surface area contributed by atoms with Crippen LogP contribution in [0.15, 0.2) is 0 Å². The first-order chi connectivity index (χ1) is 6.63. The van der Waals surface area contributed by atoms with Gasteiger partial charge >= 0.3 is 0 Å². The third kappa shape index (κ3) is 3.27. The second kappa shape index (κ2) is 5.32. The fourth-order valence-corrected chi connectivity index (χ4v) is 1.53. The summed E-state index contributed by atoms with van der Waals surface area (Å²) >= 11 is 0. The number of rotatable bonds is 5. The molecular formula is C10H20N2O2. The minimum absolute atomic E-state index is 0.181. The smallest absolute Gasteiger partial charge is 0.223 e. The summed E-state index contributed by atoms with van der Waals surface area (Å²) in [5, 5.41) is 3.34. The monoisotopic (exact) mass is 200 g/mol. The first-order valence-corrected chi connectivity index (χ1v) is 5.09. The van der Waals surface area contributed by atoms with E-state index in [2.05, 4.69) is 5.32 Å². The Kier molecular flexibility index (Phi) is 4.35. The highest BCUT2D eigenvalue weighted by Gasteiger charge is 2.28. The van der Waals surface area contributed by atoms with Crippen molar-refractivity contribution in [2.24, 2.45) is 0 Å². The molecule has 1 N–H and O–H groups in total. The lowest BCUT2D eigenvalue weighted by Gasteiger charge is -2.34. The average molecular weight is 200 g/mol. The van der Waals surface area contributed by atoms with Gasteiger partial charge in [0.05, 0.1) is 6.10 Å². The molecule has 0 heterocycles. The summed E-state index contributed by atoms with van der Waals surface area (Å²) < 4.78 is 5.17. The fraction of sp³-hybridized carbons (Fsp3) is 0.900. The van der Waals surface area contributed by atoms with E-state index in [1.165, 1.54) is 0 Å². The maximum atomic E-state index is 11.2. The van der Waals surface area contributed by atoms with Crippen molar-refractivity contribution >= 4 is 5.91 Å². The molecule has 0 aromatic heterocycles. The molecule has 0 bridgehead atoms. The molecule has 1 aliphatic carbocycles. The number of methoxy groups -OCH3 is 1. The summed E-state index contributed by atoms with van der Waals surface area (Å²) in [5.41, 5.74) is 0. The van der Waals surface area contributed by atoms with Crippen LogP contribution in [0.1, 0.15) is 19.3 Å². The summed E-state index contributed by atoms with van der Waals surface area (Å²) in [6, 6.07) is 0.551. The zero-order valence-electron chi connectivity index (χ0n) is 9.25. The van der Waals surface area contributed by atoms with Crippen molar-refractivity contribution in [2.45, 2.75) is 31.4 Å². The van der Waals surface area contributed by atoms with Gasteiger partial charge in [0.15, 0.2) is 0 Å². The van der Waals surface area contributed by atoms with E-state index in [-0.39, 0.29) is 5.91 Å². The SMILES string of the molecule is COC1CC(NCCC(=O)N(C)C)C1. The highest BCUT2D eigenvalue weighted by Crippen LogP contribution is 2.22. The highest BCUT2D eigenvalue weighted by molar-refractivity contribution is 5.75. The lowest BCUT2D eigenvalue weighted by atomic mass is 9.89. The average Bonchev–Trinajstić information content (AvgIpc) is 2.08. The second-order valence-corrected chi connectivity index (χ2v) is 4.02. The standard InChI is InChI=1S/C10H20N2O2/c1-12(2)10(13)4-5-11-8-6-9(7-8)14-3/h8-9,11H,4-7H2,1-3H3. The lowest BCUT2D eigenvalue weighted by Crippen LogP contribution is -2.45. The van der Waals surface area contributed by atoms with Gasteiger partial charge in [-0.3, -0.25) is 4.79 Å². The third-order valence-electron chi connectivity index (χ3n) is 2.70. The number of nitrogens with one attached hydrogen (secondary N) is 1. The third-order valence-corrected chi connectivity index (χ3v) is 2.70. The number of nitrogens with zero attached hydrogens (tertiary/aromatic N) is 1. The van der Waals surface area contributed by atoms with Gasteiger partial charge in [0.1, 0.15) is 0 Å². The van der Waals surface area contributed by atoms with E-state index in [4.69, 9.17) is 4.74 Å². The molecule has 4 nitrogen and oxygen atoms in total. The van der Waals surface area contributed by atoms with Crippen molar-refractivity contribution < 1.29 is 9.53 Å². The molecule has 0 radical (unpaired) electrons. The number of hydrogen-bond acceptors (Lipinski definition) is 3. The predicted octanol–water partition coefficient (Wildman–Crippen LogP) is 0.232. The van der Waals surface area contributed by atoms with Crippen molar-refractivity contribution in [1.29, 1.82) is 0 Å². The maximum Gasteiger partial charge on any atom is 0.223 e. The van der Waals surface area contributed by atoms with Crippen molar-refractivity contribution in [3.8, 4) is 0 Å².